The molecule has 1 aliphatic rings. The summed E-state index contributed by atoms with van der Waals surface area (Å²) in [5.41, 5.74) is 1.28. The summed E-state index contributed by atoms with van der Waals surface area (Å²) in [4.78, 5) is 25.7. The summed E-state index contributed by atoms with van der Waals surface area (Å²) < 4.78 is 57.3. The highest BCUT2D eigenvalue weighted by atomic mass is 32.2. The van der Waals surface area contributed by atoms with Crippen molar-refractivity contribution in [2.75, 3.05) is 26.2 Å². The number of piperazine rings is 1. The lowest BCUT2D eigenvalue weighted by Crippen LogP contribution is -2.50. The Morgan fingerprint density at radius 1 is 0.938 bits per heavy atom. The average molecular weight is 464 g/mol. The SMILES string of the molecule is Cn1c(=O)n(CCC(=O)N2CCN(S(=O)(=O)c3c(F)cccc3F)CC2)c2ccccc21. The van der Waals surface area contributed by atoms with E-state index in [9.17, 15) is 26.8 Å². The van der Waals surface area contributed by atoms with E-state index in [1.165, 1.54) is 14.0 Å². The Bertz CT molecular complexity index is 1320. The van der Waals surface area contributed by atoms with Gasteiger partial charge in [-0.15, -0.1) is 0 Å². The van der Waals surface area contributed by atoms with Gasteiger partial charge in [-0.1, -0.05) is 18.2 Å². The van der Waals surface area contributed by atoms with Gasteiger partial charge in [0.25, 0.3) is 0 Å². The van der Waals surface area contributed by atoms with Crippen LogP contribution in [0.4, 0.5) is 8.78 Å². The predicted octanol–water partition coefficient (Wildman–Crippen LogP) is 1.54. The molecule has 11 heteroatoms. The second-order valence-electron chi connectivity index (χ2n) is 7.57. The molecule has 2 heterocycles. The van der Waals surface area contributed by atoms with Crippen molar-refractivity contribution < 1.29 is 22.0 Å². The van der Waals surface area contributed by atoms with Crippen molar-refractivity contribution in [3.63, 3.8) is 0 Å². The van der Waals surface area contributed by atoms with E-state index in [0.29, 0.717) is 0 Å². The fraction of sp³-hybridized carbons (Fsp3) is 0.333. The predicted molar refractivity (Wildman–Crippen MR) is 113 cm³/mol. The molecule has 0 unspecified atom stereocenters. The van der Waals surface area contributed by atoms with Crippen LogP contribution in [0.2, 0.25) is 0 Å². The number of hydrogen-bond acceptors (Lipinski definition) is 4. The van der Waals surface area contributed by atoms with Gasteiger partial charge in [0.2, 0.25) is 15.9 Å². The molecule has 0 spiro atoms. The molecule has 0 radical (unpaired) electrons. The van der Waals surface area contributed by atoms with Crippen LogP contribution in [0.25, 0.3) is 11.0 Å². The van der Waals surface area contributed by atoms with Crippen molar-refractivity contribution in [2.45, 2.75) is 17.9 Å². The first-order valence-corrected chi connectivity index (χ1v) is 11.5. The molecule has 1 aliphatic heterocycles. The van der Waals surface area contributed by atoms with E-state index in [2.05, 4.69) is 0 Å². The number of rotatable bonds is 5. The van der Waals surface area contributed by atoms with Crippen LogP contribution >= 0.6 is 0 Å². The highest BCUT2D eigenvalue weighted by Gasteiger charge is 2.34. The summed E-state index contributed by atoms with van der Waals surface area (Å²) in [6.45, 7) is 0.237. The molecule has 8 nitrogen and oxygen atoms in total. The van der Waals surface area contributed by atoms with Gasteiger partial charge in [0.05, 0.1) is 11.0 Å². The Kier molecular flexibility index (Phi) is 5.87. The molecule has 3 aromatic rings. The van der Waals surface area contributed by atoms with Gasteiger partial charge in [0.15, 0.2) is 4.90 Å². The number of fused-ring (bicyclic) bond motifs is 1. The van der Waals surface area contributed by atoms with E-state index < -0.39 is 26.6 Å². The maximum atomic E-state index is 14.0. The van der Waals surface area contributed by atoms with Gasteiger partial charge in [-0.2, -0.15) is 4.31 Å². The molecule has 1 amide bonds. The number of imidazole rings is 1. The second kappa shape index (κ2) is 8.47. The van der Waals surface area contributed by atoms with Gasteiger partial charge in [0, 0.05) is 46.2 Å². The second-order valence-corrected chi connectivity index (χ2v) is 9.44. The minimum Gasteiger partial charge on any atom is -0.340 e. The van der Waals surface area contributed by atoms with Crippen molar-refractivity contribution in [3.8, 4) is 0 Å². The van der Waals surface area contributed by atoms with E-state index in [4.69, 9.17) is 0 Å². The molecule has 0 bridgehead atoms. The quantitative estimate of drug-likeness (QED) is 0.574. The first-order valence-electron chi connectivity index (χ1n) is 10.1. The third-order valence-corrected chi connectivity index (χ3v) is 7.66. The van der Waals surface area contributed by atoms with Crippen molar-refractivity contribution in [1.82, 2.24) is 18.3 Å². The first kappa shape index (κ1) is 22.2. The molecule has 1 saturated heterocycles. The molecule has 2 aromatic carbocycles. The molecule has 170 valence electrons. The smallest absolute Gasteiger partial charge is 0.328 e. The van der Waals surface area contributed by atoms with Gasteiger partial charge < -0.3 is 4.90 Å². The minimum absolute atomic E-state index is 0.0720. The lowest BCUT2D eigenvalue weighted by atomic mass is 10.3. The van der Waals surface area contributed by atoms with E-state index in [-0.39, 0.29) is 50.7 Å². The summed E-state index contributed by atoms with van der Waals surface area (Å²) in [5, 5.41) is 0. The van der Waals surface area contributed by atoms with E-state index in [1.54, 1.807) is 7.05 Å². The molecule has 1 fully saturated rings. The molecule has 0 atom stereocenters. The van der Waals surface area contributed by atoms with Crippen LogP contribution in [0.3, 0.4) is 0 Å². The Morgan fingerprint density at radius 3 is 2.16 bits per heavy atom. The molecular formula is C21H22F2N4O4S. The molecule has 32 heavy (non-hydrogen) atoms. The largest absolute Gasteiger partial charge is 0.340 e. The number of halogens is 2. The van der Waals surface area contributed by atoms with Crippen molar-refractivity contribution in [2.24, 2.45) is 7.05 Å². The van der Waals surface area contributed by atoms with Crippen LogP contribution in [0.15, 0.2) is 52.2 Å². The zero-order valence-electron chi connectivity index (χ0n) is 17.4. The summed E-state index contributed by atoms with van der Waals surface area (Å²) in [6, 6.07) is 10.2. The summed E-state index contributed by atoms with van der Waals surface area (Å²) >= 11 is 0. The van der Waals surface area contributed by atoms with Crippen molar-refractivity contribution >= 4 is 27.0 Å². The Balaban J connectivity index is 1.42. The lowest BCUT2D eigenvalue weighted by molar-refractivity contribution is -0.132. The molecular weight excluding hydrogens is 442 g/mol. The Labute approximate surface area is 183 Å². The average Bonchev–Trinajstić information content (AvgIpc) is 3.02. The summed E-state index contributed by atoms with van der Waals surface area (Å²) in [7, 11) is -2.69. The Morgan fingerprint density at radius 2 is 1.53 bits per heavy atom. The minimum atomic E-state index is -4.36. The number of hydrogen-bond donors (Lipinski definition) is 0. The van der Waals surface area contributed by atoms with Crippen LogP contribution in [0, 0.1) is 11.6 Å². The van der Waals surface area contributed by atoms with Crippen LogP contribution in [-0.4, -0.2) is 58.8 Å². The standard InChI is InChI=1S/C21H22F2N4O4S/c1-24-17-7-2-3-8-18(17)27(21(24)29)10-9-19(28)25-11-13-26(14-12-25)32(30,31)20-15(22)5-4-6-16(20)23/h2-8H,9-14H2,1H3. The van der Waals surface area contributed by atoms with Crippen molar-refractivity contribution in [3.05, 3.63) is 64.6 Å². The maximum Gasteiger partial charge on any atom is 0.328 e. The zero-order valence-corrected chi connectivity index (χ0v) is 18.2. The fourth-order valence-corrected chi connectivity index (χ4v) is 5.51. The molecule has 0 aliphatic carbocycles. The third kappa shape index (κ3) is 3.82. The van der Waals surface area contributed by atoms with Gasteiger partial charge in [-0.25, -0.2) is 22.0 Å². The van der Waals surface area contributed by atoms with Crippen LogP contribution < -0.4 is 5.69 Å². The van der Waals surface area contributed by atoms with Gasteiger partial charge >= 0.3 is 5.69 Å². The summed E-state index contributed by atoms with van der Waals surface area (Å²) in [5.74, 6) is -2.52. The topological polar surface area (TPSA) is 84.6 Å². The number of nitrogens with zero attached hydrogens (tertiary/aromatic N) is 4. The van der Waals surface area contributed by atoms with Crippen molar-refractivity contribution in [1.29, 1.82) is 0 Å². The maximum absolute atomic E-state index is 14.0. The number of aromatic nitrogens is 2. The number of carbonyl (C=O) groups is 1. The van der Waals surface area contributed by atoms with E-state index in [0.717, 1.165) is 33.5 Å². The number of sulfonamides is 1. The van der Waals surface area contributed by atoms with E-state index >= 15 is 0 Å². The molecule has 4 rings (SSSR count). The fourth-order valence-electron chi connectivity index (χ4n) is 3.98. The zero-order chi connectivity index (χ0) is 23.0. The molecule has 0 saturated carbocycles. The van der Waals surface area contributed by atoms with Crippen LogP contribution in [0.1, 0.15) is 6.42 Å². The van der Waals surface area contributed by atoms with E-state index in [1.807, 2.05) is 24.3 Å². The Hall–Kier alpha value is -3.05. The number of amides is 1. The highest BCUT2D eigenvalue weighted by molar-refractivity contribution is 7.89. The van der Waals surface area contributed by atoms with Gasteiger partial charge in [0.1, 0.15) is 11.6 Å². The number of para-hydroxylation sites is 2. The third-order valence-electron chi connectivity index (χ3n) is 5.71. The molecule has 0 N–H and O–H groups in total. The number of benzene rings is 2. The monoisotopic (exact) mass is 464 g/mol. The number of carbonyl (C=O) groups excluding carboxylic acids is 1. The van der Waals surface area contributed by atoms with Crippen LogP contribution in [-0.2, 0) is 28.4 Å². The normalized spacial score (nSPS) is 15.4. The van der Waals surface area contributed by atoms with Crippen LogP contribution in [0.5, 0.6) is 0 Å². The first-order chi connectivity index (χ1) is 15.2. The summed E-state index contributed by atoms with van der Waals surface area (Å²) in [6.07, 6.45) is 0.0720. The highest BCUT2D eigenvalue weighted by Crippen LogP contribution is 2.23. The number of aryl methyl sites for hydroxylation is 2. The van der Waals surface area contributed by atoms with Gasteiger partial charge in [-0.3, -0.25) is 13.9 Å². The van der Waals surface area contributed by atoms with Gasteiger partial charge in [-0.05, 0) is 24.3 Å². The molecule has 1 aromatic heterocycles. The lowest BCUT2D eigenvalue weighted by Gasteiger charge is -2.34.